The van der Waals surface area contributed by atoms with Crippen LogP contribution in [-0.2, 0) is 9.53 Å². The number of hydrogen-bond acceptors (Lipinski definition) is 10. The average Bonchev–Trinajstić information content (AvgIpc) is 3.38. The van der Waals surface area contributed by atoms with E-state index in [-0.39, 0.29) is 45.4 Å². The molecule has 1 spiro atoms. The summed E-state index contributed by atoms with van der Waals surface area (Å²) in [6.07, 6.45) is -4.99. The molecule has 9 nitrogen and oxygen atoms in total. The molecular formula is C28H30ClF3N6O3S. The van der Waals surface area contributed by atoms with E-state index in [0.717, 1.165) is 24.8 Å². The van der Waals surface area contributed by atoms with Crippen molar-refractivity contribution in [1.29, 1.82) is 0 Å². The van der Waals surface area contributed by atoms with Gasteiger partial charge in [-0.25, -0.2) is 0 Å². The Hall–Kier alpha value is -3.26. The quantitative estimate of drug-likeness (QED) is 0.240. The van der Waals surface area contributed by atoms with E-state index < -0.39 is 12.3 Å². The Morgan fingerprint density at radius 3 is 2.64 bits per heavy atom. The molecule has 0 radical (unpaired) electrons. The molecule has 2 aliphatic heterocycles. The van der Waals surface area contributed by atoms with Gasteiger partial charge in [-0.3, -0.25) is 9.93 Å². The number of hydrogen-bond donors (Lipinski definition) is 3. The SMILES string of the molecule is COC(=O)[C@@H]1CC2(CCN(c3cc(O[C@H](c4ccc(Cl)cc4-c4cccc(SN)c4)C(F)(F)F)nc(N)n3)CC2)CN1. The van der Waals surface area contributed by atoms with Crippen molar-refractivity contribution in [3.8, 4) is 17.0 Å². The van der Waals surface area contributed by atoms with Gasteiger partial charge in [-0.2, -0.15) is 23.1 Å². The standard InChI is InChI=1S/C28H30ClF3N6O3S/c1-40-25(39)21-14-27(15-35-21)7-9-38(10-8-27)22-13-23(37-26(33)36-22)41-24(28(30,31)32)19-6-5-17(29)12-20(19)16-3-2-4-18(11-16)42-34/h2-6,11-13,21,24,35H,7-10,14-15,34H2,1H3,(H2,33,36,37)/t21-,24+/m0/s1. The molecule has 2 aromatic carbocycles. The molecule has 2 saturated heterocycles. The summed E-state index contributed by atoms with van der Waals surface area (Å²) < 4.78 is 54.1. The van der Waals surface area contributed by atoms with Crippen molar-refractivity contribution < 1.29 is 27.4 Å². The minimum atomic E-state index is -4.80. The van der Waals surface area contributed by atoms with Crippen LogP contribution in [0.1, 0.15) is 30.9 Å². The van der Waals surface area contributed by atoms with Gasteiger partial charge in [-0.05, 0) is 72.0 Å². The number of nitrogen functional groups attached to an aromatic ring is 1. The zero-order valence-corrected chi connectivity index (χ0v) is 24.2. The molecule has 0 aliphatic carbocycles. The molecule has 2 fully saturated rings. The maximum absolute atomic E-state index is 14.6. The van der Waals surface area contributed by atoms with Crippen LogP contribution >= 0.6 is 23.5 Å². The number of methoxy groups -OCH3 is 1. The molecule has 0 amide bonds. The topological polar surface area (TPSA) is 129 Å². The highest BCUT2D eigenvalue weighted by Crippen LogP contribution is 2.43. The van der Waals surface area contributed by atoms with Crippen LogP contribution in [0, 0.1) is 5.41 Å². The molecule has 5 N–H and O–H groups in total. The average molecular weight is 623 g/mol. The van der Waals surface area contributed by atoms with Crippen molar-refractivity contribution >= 4 is 41.3 Å². The third kappa shape index (κ3) is 6.54. The third-order valence-corrected chi connectivity index (χ3v) is 8.58. The smallest absolute Gasteiger partial charge is 0.429 e. The normalized spacial score (nSPS) is 19.1. The first-order chi connectivity index (χ1) is 20.0. The van der Waals surface area contributed by atoms with Gasteiger partial charge in [0.1, 0.15) is 11.9 Å². The number of halogens is 4. The zero-order chi connectivity index (χ0) is 30.1. The lowest BCUT2D eigenvalue weighted by Crippen LogP contribution is -2.41. The predicted octanol–water partition coefficient (Wildman–Crippen LogP) is 5.15. The van der Waals surface area contributed by atoms with Crippen LogP contribution in [0.4, 0.5) is 24.9 Å². The zero-order valence-electron chi connectivity index (χ0n) is 22.7. The first-order valence-electron chi connectivity index (χ1n) is 13.2. The van der Waals surface area contributed by atoms with E-state index in [0.29, 0.717) is 42.3 Å². The van der Waals surface area contributed by atoms with Gasteiger partial charge in [-0.1, -0.05) is 29.8 Å². The van der Waals surface area contributed by atoms with Crippen molar-refractivity contribution in [1.82, 2.24) is 15.3 Å². The summed E-state index contributed by atoms with van der Waals surface area (Å²) in [5.41, 5.74) is 6.48. The highest BCUT2D eigenvalue weighted by atomic mass is 35.5. The summed E-state index contributed by atoms with van der Waals surface area (Å²) in [6, 6.07) is 12.0. The number of nitrogens with two attached hydrogens (primary N) is 2. The van der Waals surface area contributed by atoms with E-state index in [4.69, 9.17) is 31.9 Å². The van der Waals surface area contributed by atoms with E-state index in [1.165, 1.54) is 31.4 Å². The molecule has 3 aromatic rings. The lowest BCUT2D eigenvalue weighted by Gasteiger charge is -2.39. The maximum atomic E-state index is 14.6. The van der Waals surface area contributed by atoms with Gasteiger partial charge in [0.15, 0.2) is 0 Å². The summed E-state index contributed by atoms with van der Waals surface area (Å²) in [6.45, 7) is 1.83. The predicted molar refractivity (Wildman–Crippen MR) is 155 cm³/mol. The fraction of sp³-hybridized carbons (Fsp3) is 0.393. The van der Waals surface area contributed by atoms with Crippen LogP contribution in [0.25, 0.3) is 11.1 Å². The van der Waals surface area contributed by atoms with Gasteiger partial charge >= 0.3 is 12.1 Å². The third-order valence-electron chi connectivity index (χ3n) is 7.82. The number of esters is 1. The molecule has 42 heavy (non-hydrogen) atoms. The lowest BCUT2D eigenvalue weighted by molar-refractivity contribution is -0.198. The molecular weight excluding hydrogens is 593 g/mol. The number of rotatable bonds is 7. The van der Waals surface area contributed by atoms with Crippen LogP contribution in [-0.4, -0.2) is 54.9 Å². The van der Waals surface area contributed by atoms with Crippen molar-refractivity contribution in [2.75, 3.05) is 37.4 Å². The molecule has 0 saturated carbocycles. The molecule has 1 aromatic heterocycles. The number of ether oxygens (including phenoxy) is 2. The van der Waals surface area contributed by atoms with Crippen molar-refractivity contribution in [3.05, 3.63) is 59.1 Å². The fourth-order valence-corrected chi connectivity index (χ4v) is 6.17. The number of benzene rings is 2. The van der Waals surface area contributed by atoms with Crippen LogP contribution < -0.4 is 25.8 Å². The fourth-order valence-electron chi connectivity index (χ4n) is 5.64. The number of nitrogens with one attached hydrogen (secondary N) is 1. The molecule has 2 atom stereocenters. The first-order valence-corrected chi connectivity index (χ1v) is 14.5. The van der Waals surface area contributed by atoms with Crippen LogP contribution in [0.2, 0.25) is 5.02 Å². The Kier molecular flexibility index (Phi) is 8.74. The summed E-state index contributed by atoms with van der Waals surface area (Å²) in [5, 5.41) is 9.19. The van der Waals surface area contributed by atoms with Gasteiger partial charge in [0.25, 0.3) is 0 Å². The van der Waals surface area contributed by atoms with Gasteiger partial charge in [0.05, 0.1) is 7.11 Å². The monoisotopic (exact) mass is 622 g/mol. The molecule has 0 unspecified atom stereocenters. The Bertz CT molecular complexity index is 1450. The molecule has 2 aliphatic rings. The maximum Gasteiger partial charge on any atom is 0.429 e. The van der Waals surface area contributed by atoms with Crippen LogP contribution in [0.3, 0.4) is 0 Å². The summed E-state index contributed by atoms with van der Waals surface area (Å²) in [4.78, 5) is 22.8. The number of alkyl halides is 3. The molecule has 0 bridgehead atoms. The van der Waals surface area contributed by atoms with E-state index in [1.54, 1.807) is 24.3 Å². The Morgan fingerprint density at radius 2 is 1.95 bits per heavy atom. The van der Waals surface area contributed by atoms with Crippen LogP contribution in [0.5, 0.6) is 5.88 Å². The van der Waals surface area contributed by atoms with Crippen molar-refractivity contribution in [2.24, 2.45) is 10.6 Å². The first kappa shape index (κ1) is 30.2. The van der Waals surface area contributed by atoms with E-state index in [2.05, 4.69) is 15.3 Å². The minimum absolute atomic E-state index is 0.0701. The lowest BCUT2D eigenvalue weighted by atomic mass is 9.76. The summed E-state index contributed by atoms with van der Waals surface area (Å²) in [7, 11) is 1.37. The van der Waals surface area contributed by atoms with Gasteiger partial charge in [0.2, 0.25) is 17.9 Å². The molecule has 5 rings (SSSR count). The number of carbonyl (C=O) groups is 1. The van der Waals surface area contributed by atoms with Crippen molar-refractivity contribution in [3.63, 3.8) is 0 Å². The number of carbonyl (C=O) groups excluding carboxylic acids is 1. The van der Waals surface area contributed by atoms with Crippen molar-refractivity contribution in [2.45, 2.75) is 42.5 Å². The molecule has 224 valence electrons. The van der Waals surface area contributed by atoms with E-state index in [1.807, 2.05) is 4.90 Å². The summed E-state index contributed by atoms with van der Waals surface area (Å²) >= 11 is 7.18. The molecule has 3 heterocycles. The van der Waals surface area contributed by atoms with E-state index in [9.17, 15) is 18.0 Å². The van der Waals surface area contributed by atoms with Gasteiger partial charge < -0.3 is 25.4 Å². The Morgan fingerprint density at radius 1 is 1.19 bits per heavy atom. The van der Waals surface area contributed by atoms with E-state index >= 15 is 0 Å². The highest BCUT2D eigenvalue weighted by Gasteiger charge is 2.46. The second-order valence-electron chi connectivity index (χ2n) is 10.5. The Labute approximate surface area is 250 Å². The van der Waals surface area contributed by atoms with Gasteiger partial charge in [0, 0.05) is 41.2 Å². The second kappa shape index (κ2) is 12.2. The number of nitrogens with zero attached hydrogens (tertiary/aromatic N) is 3. The minimum Gasteiger partial charge on any atom is -0.468 e. The summed E-state index contributed by atoms with van der Waals surface area (Å²) in [5.74, 6) is -0.428. The second-order valence-corrected chi connectivity index (χ2v) is 11.6. The molecule has 14 heteroatoms. The van der Waals surface area contributed by atoms with Gasteiger partial charge in [-0.15, -0.1) is 0 Å². The highest BCUT2D eigenvalue weighted by molar-refractivity contribution is 7.97. The van der Waals surface area contributed by atoms with Crippen LogP contribution in [0.15, 0.2) is 53.4 Å². The number of anilines is 2. The number of aromatic nitrogens is 2. The largest absolute Gasteiger partial charge is 0.468 e. The Balaban J connectivity index is 1.40. The number of piperidine rings is 1.